The molecular weight excluding hydrogens is 546 g/mol. The summed E-state index contributed by atoms with van der Waals surface area (Å²) in [6.45, 7) is 32.6. The summed E-state index contributed by atoms with van der Waals surface area (Å²) < 4.78 is 15.8. The molecule has 0 N–H and O–H groups in total. The molecule has 6 heteroatoms. The van der Waals surface area contributed by atoms with Crippen LogP contribution in [0.2, 0.25) is 0 Å². The van der Waals surface area contributed by atoms with Crippen molar-refractivity contribution in [1.82, 2.24) is 10.1 Å². The zero-order chi connectivity index (χ0) is 32.5. The zero-order valence-corrected chi connectivity index (χ0v) is 29.5. The van der Waals surface area contributed by atoms with Crippen molar-refractivity contribution >= 4 is 5.69 Å². The highest BCUT2D eigenvalue weighted by atomic mass is 16.5. The average Bonchev–Trinajstić information content (AvgIpc) is 3.32. The van der Waals surface area contributed by atoms with E-state index in [1.54, 1.807) is 0 Å². The van der Waals surface area contributed by atoms with Crippen LogP contribution < -0.4 is 4.90 Å². The van der Waals surface area contributed by atoms with Crippen LogP contribution in [0.5, 0.6) is 0 Å². The first-order valence-corrected chi connectivity index (χ1v) is 16.3. The topological polar surface area (TPSA) is 51.0 Å². The third-order valence-electron chi connectivity index (χ3n) is 8.22. The van der Waals surface area contributed by atoms with Gasteiger partial charge >= 0.3 is 0 Å². The summed E-state index contributed by atoms with van der Waals surface area (Å²) in [6, 6.07) is 18.0. The third kappa shape index (κ3) is 11.0. The molecule has 0 aliphatic carbocycles. The number of ether oxygens (including phenoxy) is 2. The Hall–Kier alpha value is -2.67. The fraction of sp³-hybridized carbons (Fsp3) is 0.605. The number of anilines is 1. The minimum Gasteiger partial charge on any atom is -0.379 e. The van der Waals surface area contributed by atoms with Gasteiger partial charge in [0, 0.05) is 44.0 Å². The Bertz CT molecular complexity index is 1230. The van der Waals surface area contributed by atoms with Crippen molar-refractivity contribution in [3.63, 3.8) is 0 Å². The predicted octanol–water partition coefficient (Wildman–Crippen LogP) is 8.23. The Morgan fingerprint density at radius 2 is 1.07 bits per heavy atom. The van der Waals surface area contributed by atoms with Crippen LogP contribution >= 0.6 is 0 Å². The van der Waals surface area contributed by atoms with Crippen LogP contribution in [0.15, 0.2) is 53.1 Å². The molecule has 0 unspecified atom stereocenters. The Labute approximate surface area is 268 Å². The Morgan fingerprint density at radius 3 is 1.45 bits per heavy atom. The number of nitrogens with zero attached hydrogens (tertiary/aromatic N) is 3. The van der Waals surface area contributed by atoms with E-state index in [2.05, 4.69) is 126 Å². The SMILES string of the molecule is CC(C)(C)c1ccc(CN2CCOCC2)cc1.CC(C)(C)c1ccc(N2CCOCC2)cc1.Cc1noc(C)c1C(C)(C)C. The molecule has 0 amide bonds. The summed E-state index contributed by atoms with van der Waals surface area (Å²) in [5.74, 6) is 0.940. The molecule has 1 aromatic heterocycles. The molecule has 3 aromatic rings. The van der Waals surface area contributed by atoms with Gasteiger partial charge in [-0.15, -0.1) is 0 Å². The second-order valence-electron chi connectivity index (χ2n) is 15.2. The predicted molar refractivity (Wildman–Crippen MR) is 184 cm³/mol. The Balaban J connectivity index is 0.000000185. The van der Waals surface area contributed by atoms with Gasteiger partial charge in [0.05, 0.1) is 32.1 Å². The van der Waals surface area contributed by atoms with Gasteiger partial charge in [-0.05, 0) is 58.9 Å². The zero-order valence-electron chi connectivity index (χ0n) is 29.5. The molecule has 2 fully saturated rings. The first kappa shape index (κ1) is 35.8. The molecule has 0 atom stereocenters. The molecule has 5 rings (SSSR count). The molecule has 0 spiro atoms. The summed E-state index contributed by atoms with van der Waals surface area (Å²) in [5.41, 5.74) is 8.39. The maximum Gasteiger partial charge on any atom is 0.137 e. The lowest BCUT2D eigenvalue weighted by Gasteiger charge is -2.29. The number of morpholine rings is 2. The lowest BCUT2D eigenvalue weighted by atomic mass is 9.86. The van der Waals surface area contributed by atoms with Crippen molar-refractivity contribution in [1.29, 1.82) is 0 Å². The van der Waals surface area contributed by atoms with Crippen LogP contribution in [0.4, 0.5) is 5.69 Å². The fourth-order valence-electron chi connectivity index (χ4n) is 5.68. The van der Waals surface area contributed by atoms with Crippen molar-refractivity contribution < 1.29 is 14.0 Å². The summed E-state index contributed by atoms with van der Waals surface area (Å²) in [6.07, 6.45) is 0. The normalized spacial score (nSPS) is 16.5. The van der Waals surface area contributed by atoms with Crippen LogP contribution in [-0.4, -0.2) is 62.7 Å². The molecule has 244 valence electrons. The highest BCUT2D eigenvalue weighted by Crippen LogP contribution is 2.28. The minimum atomic E-state index is 0.147. The van der Waals surface area contributed by atoms with E-state index < -0.39 is 0 Å². The molecule has 44 heavy (non-hydrogen) atoms. The monoisotopic (exact) mass is 605 g/mol. The molecule has 6 nitrogen and oxygen atoms in total. The molecule has 2 aliphatic heterocycles. The summed E-state index contributed by atoms with van der Waals surface area (Å²) in [4.78, 5) is 4.84. The highest BCUT2D eigenvalue weighted by Gasteiger charge is 2.22. The maximum absolute atomic E-state index is 5.36. The Morgan fingerprint density at radius 1 is 0.614 bits per heavy atom. The highest BCUT2D eigenvalue weighted by molar-refractivity contribution is 5.48. The van der Waals surface area contributed by atoms with Crippen LogP contribution in [0.25, 0.3) is 0 Å². The second-order valence-corrected chi connectivity index (χ2v) is 15.2. The van der Waals surface area contributed by atoms with Gasteiger partial charge in [0.25, 0.3) is 0 Å². The smallest absolute Gasteiger partial charge is 0.137 e. The third-order valence-corrected chi connectivity index (χ3v) is 8.22. The minimum absolute atomic E-state index is 0.147. The Kier molecular flexibility index (Phi) is 12.7. The number of hydrogen-bond acceptors (Lipinski definition) is 6. The van der Waals surface area contributed by atoms with Crippen molar-refractivity contribution in [2.24, 2.45) is 0 Å². The maximum atomic E-state index is 5.36. The van der Waals surface area contributed by atoms with E-state index in [-0.39, 0.29) is 16.2 Å². The number of aryl methyl sites for hydroxylation is 2. The number of aromatic nitrogens is 1. The van der Waals surface area contributed by atoms with Gasteiger partial charge in [-0.2, -0.15) is 0 Å². The van der Waals surface area contributed by atoms with E-state index in [0.29, 0.717) is 0 Å². The largest absolute Gasteiger partial charge is 0.379 e. The van der Waals surface area contributed by atoms with Gasteiger partial charge in [0.2, 0.25) is 0 Å². The molecule has 2 aliphatic rings. The molecule has 0 radical (unpaired) electrons. The standard InChI is InChI=1S/C15H23NO.C14H21NO.C9H15NO/c1-15(2,3)14-6-4-13(5-7-14)12-16-8-10-17-11-9-16;1-14(2,3)12-4-6-13(7-5-12)15-8-10-16-11-9-15;1-6-8(9(3,4)5)7(2)11-10-6/h4-7H,8-12H2,1-3H3;4-7H,8-11H2,1-3H3;1-5H3. The molecule has 3 heterocycles. The van der Waals surface area contributed by atoms with Crippen LogP contribution in [-0.2, 0) is 32.3 Å². The van der Waals surface area contributed by atoms with Crippen LogP contribution in [0, 0.1) is 13.8 Å². The summed E-state index contributed by atoms with van der Waals surface area (Å²) in [5, 5.41) is 3.91. The molecule has 0 bridgehead atoms. The van der Waals surface area contributed by atoms with Gasteiger partial charge in [-0.3, -0.25) is 4.90 Å². The van der Waals surface area contributed by atoms with Crippen LogP contribution in [0.1, 0.15) is 96.0 Å². The van der Waals surface area contributed by atoms with Crippen molar-refractivity contribution in [3.8, 4) is 0 Å². The first-order chi connectivity index (χ1) is 20.6. The molecular formula is C38H59N3O3. The van der Waals surface area contributed by atoms with Gasteiger partial charge in [-0.25, -0.2) is 0 Å². The van der Waals surface area contributed by atoms with Crippen molar-refractivity contribution in [3.05, 3.63) is 82.2 Å². The number of benzene rings is 2. The lowest BCUT2D eigenvalue weighted by Crippen LogP contribution is -2.36. The van der Waals surface area contributed by atoms with E-state index >= 15 is 0 Å². The van der Waals surface area contributed by atoms with E-state index in [9.17, 15) is 0 Å². The van der Waals surface area contributed by atoms with Gasteiger partial charge < -0.3 is 18.9 Å². The van der Waals surface area contributed by atoms with E-state index in [0.717, 1.165) is 70.6 Å². The average molecular weight is 606 g/mol. The van der Waals surface area contributed by atoms with E-state index in [1.165, 1.54) is 27.9 Å². The number of hydrogen-bond donors (Lipinski definition) is 0. The summed E-state index contributed by atoms with van der Waals surface area (Å²) in [7, 11) is 0. The lowest BCUT2D eigenvalue weighted by molar-refractivity contribution is 0.0342. The molecule has 2 aromatic carbocycles. The van der Waals surface area contributed by atoms with E-state index in [4.69, 9.17) is 14.0 Å². The van der Waals surface area contributed by atoms with Crippen LogP contribution in [0.3, 0.4) is 0 Å². The first-order valence-electron chi connectivity index (χ1n) is 16.3. The quantitative estimate of drug-likeness (QED) is 0.300. The second kappa shape index (κ2) is 15.6. The number of rotatable bonds is 3. The van der Waals surface area contributed by atoms with Gasteiger partial charge in [0.1, 0.15) is 5.76 Å². The van der Waals surface area contributed by atoms with Crippen molar-refractivity contribution in [2.45, 2.75) is 99.0 Å². The molecule has 2 saturated heterocycles. The summed E-state index contributed by atoms with van der Waals surface area (Å²) >= 11 is 0. The van der Waals surface area contributed by atoms with Gasteiger partial charge in [-0.1, -0.05) is 104 Å². The molecule has 0 saturated carbocycles. The van der Waals surface area contributed by atoms with Crippen molar-refractivity contribution in [2.75, 3.05) is 57.5 Å². The van der Waals surface area contributed by atoms with Gasteiger partial charge in [0.15, 0.2) is 0 Å². The fourth-order valence-corrected chi connectivity index (χ4v) is 5.68. The van der Waals surface area contributed by atoms with E-state index in [1.807, 2.05) is 13.8 Å².